The monoisotopic (exact) mass is 441 g/mol. The molecule has 0 aliphatic rings. The second-order valence-electron chi connectivity index (χ2n) is 7.01. The lowest BCUT2D eigenvalue weighted by Crippen LogP contribution is -2.33. The summed E-state index contributed by atoms with van der Waals surface area (Å²) in [5.74, 6) is -0.842. The van der Waals surface area contributed by atoms with Crippen LogP contribution in [0.25, 0.3) is 0 Å². The van der Waals surface area contributed by atoms with Crippen molar-refractivity contribution >= 4 is 28.9 Å². The lowest BCUT2D eigenvalue weighted by molar-refractivity contribution is -0.137. The van der Waals surface area contributed by atoms with Gasteiger partial charge in [-0.05, 0) is 55.5 Å². The van der Waals surface area contributed by atoms with E-state index in [9.17, 15) is 22.8 Å². The van der Waals surface area contributed by atoms with E-state index < -0.39 is 17.6 Å². The number of alkyl halides is 3. The topological polar surface area (TPSA) is 61.4 Å². The van der Waals surface area contributed by atoms with E-state index in [2.05, 4.69) is 10.6 Å². The maximum Gasteiger partial charge on any atom is 0.416 e. The van der Waals surface area contributed by atoms with Crippen LogP contribution in [0.15, 0.2) is 78.9 Å². The van der Waals surface area contributed by atoms with Gasteiger partial charge in [-0.2, -0.15) is 13.2 Å². The highest BCUT2D eigenvalue weighted by atomic mass is 19.4. The lowest BCUT2D eigenvalue weighted by atomic mass is 10.1. The number of carbonyl (C=O) groups excluding carboxylic acids is 2. The molecule has 3 aromatic rings. The first-order chi connectivity index (χ1) is 15.3. The van der Waals surface area contributed by atoms with Gasteiger partial charge in [-0.1, -0.05) is 30.3 Å². The Morgan fingerprint density at radius 2 is 1.50 bits per heavy atom. The smallest absolute Gasteiger partial charge is 0.362 e. The maximum absolute atomic E-state index is 12.9. The Hall–Kier alpha value is -3.81. The summed E-state index contributed by atoms with van der Waals surface area (Å²) in [6.45, 7) is 2.71. The molecule has 0 aliphatic heterocycles. The quantitative estimate of drug-likeness (QED) is 0.515. The van der Waals surface area contributed by atoms with Gasteiger partial charge in [0.05, 0.1) is 12.1 Å². The first-order valence-corrected chi connectivity index (χ1v) is 9.95. The Morgan fingerprint density at radius 1 is 0.844 bits per heavy atom. The highest BCUT2D eigenvalue weighted by Gasteiger charge is 2.30. The number of rotatable bonds is 7. The van der Waals surface area contributed by atoms with Gasteiger partial charge >= 0.3 is 6.18 Å². The number of amides is 2. The first-order valence-electron chi connectivity index (χ1n) is 9.95. The van der Waals surface area contributed by atoms with Crippen LogP contribution in [-0.2, 0) is 11.0 Å². The second-order valence-corrected chi connectivity index (χ2v) is 7.01. The van der Waals surface area contributed by atoms with Gasteiger partial charge in [0, 0.05) is 29.2 Å². The van der Waals surface area contributed by atoms with Crippen LogP contribution in [0, 0.1) is 0 Å². The summed E-state index contributed by atoms with van der Waals surface area (Å²) in [7, 11) is 0. The Balaban J connectivity index is 1.66. The number of anilines is 3. The van der Waals surface area contributed by atoms with Crippen LogP contribution in [0.5, 0.6) is 0 Å². The maximum atomic E-state index is 12.9. The zero-order valence-electron chi connectivity index (χ0n) is 17.3. The average molecular weight is 441 g/mol. The molecule has 0 spiro atoms. The van der Waals surface area contributed by atoms with Crippen molar-refractivity contribution in [2.75, 3.05) is 28.6 Å². The molecule has 0 radical (unpaired) electrons. The van der Waals surface area contributed by atoms with Gasteiger partial charge in [-0.15, -0.1) is 0 Å². The minimum absolute atomic E-state index is 0.0284. The third-order valence-electron chi connectivity index (χ3n) is 4.69. The summed E-state index contributed by atoms with van der Waals surface area (Å²) >= 11 is 0. The Morgan fingerprint density at radius 3 is 2.16 bits per heavy atom. The zero-order chi connectivity index (χ0) is 23.1. The fraction of sp³-hybridized carbons (Fsp3) is 0.167. The van der Waals surface area contributed by atoms with Crippen LogP contribution in [0.3, 0.4) is 0 Å². The normalized spacial score (nSPS) is 11.0. The molecule has 0 fully saturated rings. The molecule has 0 unspecified atom stereocenters. The van der Waals surface area contributed by atoms with Crippen LogP contribution < -0.4 is 15.5 Å². The van der Waals surface area contributed by atoms with E-state index in [-0.39, 0.29) is 23.7 Å². The van der Waals surface area contributed by atoms with E-state index in [1.807, 2.05) is 42.2 Å². The van der Waals surface area contributed by atoms with Crippen LogP contribution >= 0.6 is 0 Å². The molecule has 0 aliphatic carbocycles. The van der Waals surface area contributed by atoms with Crippen molar-refractivity contribution in [1.82, 2.24) is 0 Å². The van der Waals surface area contributed by atoms with Crippen molar-refractivity contribution in [2.24, 2.45) is 0 Å². The van der Waals surface area contributed by atoms with Gasteiger partial charge in [0.1, 0.15) is 0 Å². The van der Waals surface area contributed by atoms with E-state index in [1.54, 1.807) is 12.1 Å². The standard InChI is InChI=1S/C24H22F3N3O2/c1-2-30(21-12-4-3-5-13-21)16-22(31)28-19-10-6-8-17(14-19)23(32)29-20-11-7-9-18(15-20)24(25,26)27/h3-15H,2,16H2,1H3,(H,28,31)(H,29,32). The number of likely N-dealkylation sites (N-methyl/N-ethyl adjacent to an activating group) is 1. The van der Waals surface area contributed by atoms with Gasteiger partial charge in [0.15, 0.2) is 0 Å². The summed E-state index contributed by atoms with van der Waals surface area (Å²) in [5.41, 5.74) is 0.710. The molecule has 0 saturated carbocycles. The first kappa shape index (κ1) is 22.9. The molecule has 2 N–H and O–H groups in total. The number of halogens is 3. The molecule has 3 rings (SSSR count). The van der Waals surface area contributed by atoms with Crippen molar-refractivity contribution in [2.45, 2.75) is 13.1 Å². The molecule has 0 aromatic heterocycles. The fourth-order valence-corrected chi connectivity index (χ4v) is 3.11. The van der Waals surface area contributed by atoms with Crippen LogP contribution in [-0.4, -0.2) is 24.9 Å². The highest BCUT2D eigenvalue weighted by molar-refractivity contribution is 6.05. The van der Waals surface area contributed by atoms with Gasteiger partial charge < -0.3 is 15.5 Å². The van der Waals surface area contributed by atoms with Crippen molar-refractivity contribution in [3.05, 3.63) is 90.0 Å². The second kappa shape index (κ2) is 10.00. The molecule has 5 nitrogen and oxygen atoms in total. The predicted molar refractivity (Wildman–Crippen MR) is 119 cm³/mol. The Labute approximate surface area is 183 Å². The summed E-state index contributed by atoms with van der Waals surface area (Å²) < 4.78 is 38.6. The number of nitrogens with one attached hydrogen (secondary N) is 2. The molecular formula is C24H22F3N3O2. The Kier molecular flexibility index (Phi) is 7.14. The summed E-state index contributed by atoms with van der Waals surface area (Å²) in [6.07, 6.45) is -4.50. The fourth-order valence-electron chi connectivity index (χ4n) is 3.11. The van der Waals surface area contributed by atoms with Crippen molar-refractivity contribution in [3.8, 4) is 0 Å². The van der Waals surface area contributed by atoms with Gasteiger partial charge in [0.25, 0.3) is 5.91 Å². The van der Waals surface area contributed by atoms with Crippen molar-refractivity contribution < 1.29 is 22.8 Å². The molecule has 2 amide bonds. The summed E-state index contributed by atoms with van der Waals surface area (Å²) in [6, 6.07) is 20.1. The molecule has 0 saturated heterocycles. The third-order valence-corrected chi connectivity index (χ3v) is 4.69. The minimum Gasteiger partial charge on any atom is -0.362 e. The molecule has 0 bridgehead atoms. The lowest BCUT2D eigenvalue weighted by Gasteiger charge is -2.22. The van der Waals surface area contributed by atoms with Gasteiger partial charge in [-0.25, -0.2) is 0 Å². The molecule has 3 aromatic carbocycles. The molecule has 0 atom stereocenters. The van der Waals surface area contributed by atoms with Crippen LogP contribution in [0.1, 0.15) is 22.8 Å². The summed E-state index contributed by atoms with van der Waals surface area (Å²) in [4.78, 5) is 26.9. The zero-order valence-corrected chi connectivity index (χ0v) is 17.3. The number of hydrogen-bond acceptors (Lipinski definition) is 3. The van der Waals surface area contributed by atoms with E-state index in [1.165, 1.54) is 24.3 Å². The minimum atomic E-state index is -4.50. The molecule has 8 heteroatoms. The predicted octanol–water partition coefficient (Wildman–Crippen LogP) is 5.42. The molecule has 166 valence electrons. The number of hydrogen-bond donors (Lipinski definition) is 2. The average Bonchev–Trinajstić information content (AvgIpc) is 2.78. The van der Waals surface area contributed by atoms with Crippen LogP contribution in [0.4, 0.5) is 30.2 Å². The largest absolute Gasteiger partial charge is 0.416 e. The molecule has 0 heterocycles. The molecule has 32 heavy (non-hydrogen) atoms. The summed E-state index contributed by atoms with van der Waals surface area (Å²) in [5, 5.41) is 5.21. The SMILES string of the molecule is CCN(CC(=O)Nc1cccc(C(=O)Nc2cccc(C(F)(F)F)c2)c1)c1ccccc1. The molecular weight excluding hydrogens is 419 g/mol. The number of para-hydroxylation sites is 1. The van der Waals surface area contributed by atoms with E-state index in [4.69, 9.17) is 0 Å². The highest BCUT2D eigenvalue weighted by Crippen LogP contribution is 2.30. The number of nitrogens with zero attached hydrogens (tertiary/aromatic N) is 1. The van der Waals surface area contributed by atoms with Gasteiger partial charge in [-0.3, -0.25) is 9.59 Å². The van der Waals surface area contributed by atoms with Crippen LogP contribution in [0.2, 0.25) is 0 Å². The van der Waals surface area contributed by atoms with Gasteiger partial charge in [0.2, 0.25) is 5.91 Å². The third kappa shape index (κ3) is 6.10. The number of carbonyl (C=O) groups is 2. The van der Waals surface area contributed by atoms with Crippen molar-refractivity contribution in [1.29, 1.82) is 0 Å². The number of benzene rings is 3. The van der Waals surface area contributed by atoms with Crippen molar-refractivity contribution in [3.63, 3.8) is 0 Å². The van der Waals surface area contributed by atoms with E-state index >= 15 is 0 Å². The Bertz CT molecular complexity index is 1090. The van der Waals surface area contributed by atoms with E-state index in [0.29, 0.717) is 12.2 Å². The van der Waals surface area contributed by atoms with E-state index in [0.717, 1.165) is 17.8 Å².